The molecule has 3 heteroatoms. The summed E-state index contributed by atoms with van der Waals surface area (Å²) in [5.41, 5.74) is 7.87. The molecule has 0 radical (unpaired) electrons. The predicted molar refractivity (Wildman–Crippen MR) is 155 cm³/mol. The van der Waals surface area contributed by atoms with Gasteiger partial charge in [-0.15, -0.1) is 0 Å². The number of benzene rings is 4. The third kappa shape index (κ3) is 5.84. The van der Waals surface area contributed by atoms with Crippen molar-refractivity contribution in [3.8, 4) is 11.4 Å². The van der Waals surface area contributed by atoms with E-state index in [-0.39, 0.29) is 0 Å². The van der Waals surface area contributed by atoms with E-state index in [2.05, 4.69) is 127 Å². The van der Waals surface area contributed by atoms with E-state index in [1.165, 1.54) is 44.3 Å². The second kappa shape index (κ2) is 11.6. The first-order chi connectivity index (χ1) is 18.1. The van der Waals surface area contributed by atoms with Gasteiger partial charge in [0.15, 0.2) is 0 Å². The molecule has 0 unspecified atom stereocenters. The van der Waals surface area contributed by atoms with Crippen molar-refractivity contribution in [2.45, 2.75) is 59.8 Å². The zero-order chi connectivity index (χ0) is 25.6. The fourth-order valence-electron chi connectivity index (χ4n) is 5.20. The van der Waals surface area contributed by atoms with Crippen molar-refractivity contribution in [3.05, 3.63) is 125 Å². The lowest BCUT2D eigenvalue weighted by molar-refractivity contribution is 0.241. The average molecular weight is 488 g/mol. The smallest absolute Gasteiger partial charge is 0.140 e. The number of aryl methyl sites for hydroxylation is 2. The summed E-state index contributed by atoms with van der Waals surface area (Å²) in [6.45, 7) is 10.3. The minimum Gasteiger partial charge on any atom is -0.327 e. The summed E-state index contributed by atoms with van der Waals surface area (Å²) >= 11 is 0. The molecule has 0 fully saturated rings. The van der Waals surface area contributed by atoms with E-state index in [1.54, 1.807) is 0 Å². The molecule has 0 saturated carbocycles. The van der Waals surface area contributed by atoms with Gasteiger partial charge in [0.25, 0.3) is 0 Å². The highest BCUT2D eigenvalue weighted by Gasteiger charge is 2.17. The average Bonchev–Trinajstić information content (AvgIpc) is 3.32. The minimum atomic E-state index is 0.847. The van der Waals surface area contributed by atoms with Crippen molar-refractivity contribution in [1.29, 1.82) is 0 Å². The van der Waals surface area contributed by atoms with Crippen LogP contribution in [0, 0.1) is 13.8 Å². The molecule has 0 atom stereocenters. The highest BCUT2D eigenvalue weighted by molar-refractivity contribution is 5.85. The number of hydrogen-bond donors (Lipinski definition) is 0. The quantitative estimate of drug-likeness (QED) is 0.197. The number of imidazole rings is 1. The summed E-state index contributed by atoms with van der Waals surface area (Å²) in [6.07, 6.45) is 4.40. The zero-order valence-corrected chi connectivity index (χ0v) is 22.3. The Balaban J connectivity index is 1.52. The maximum atomic E-state index is 4.92. The summed E-state index contributed by atoms with van der Waals surface area (Å²) in [4.78, 5) is 7.51. The van der Waals surface area contributed by atoms with Crippen LogP contribution in [0.4, 0.5) is 0 Å². The first-order valence-electron chi connectivity index (χ1n) is 13.5. The van der Waals surface area contributed by atoms with Gasteiger partial charge in [0.1, 0.15) is 5.82 Å². The molecule has 5 rings (SSSR count). The lowest BCUT2D eigenvalue weighted by Crippen LogP contribution is -2.25. The Bertz CT molecular complexity index is 1460. The van der Waals surface area contributed by atoms with Gasteiger partial charge < -0.3 is 4.57 Å². The standard InChI is InChI=1S/C34H37N3/c1-4-5-20-37-32(22-35-34(37)29-13-7-6-8-14-29)25-36(24-31-21-26(2)18-19-27(31)3)23-30-16-11-15-28-12-9-10-17-33(28)30/h6-19,21-22H,4-5,20,23-25H2,1-3H3. The third-order valence-electron chi connectivity index (χ3n) is 7.26. The predicted octanol–water partition coefficient (Wildman–Crippen LogP) is 8.32. The van der Waals surface area contributed by atoms with Gasteiger partial charge in [-0.2, -0.15) is 0 Å². The van der Waals surface area contributed by atoms with Gasteiger partial charge in [-0.05, 0) is 47.7 Å². The second-order valence-electron chi connectivity index (χ2n) is 10.2. The minimum absolute atomic E-state index is 0.847. The number of rotatable bonds is 10. The van der Waals surface area contributed by atoms with Crippen LogP contribution in [-0.4, -0.2) is 14.5 Å². The fraction of sp³-hybridized carbons (Fsp3) is 0.265. The van der Waals surface area contributed by atoms with Crippen LogP contribution >= 0.6 is 0 Å². The monoisotopic (exact) mass is 487 g/mol. The van der Waals surface area contributed by atoms with E-state index in [4.69, 9.17) is 4.98 Å². The van der Waals surface area contributed by atoms with Crippen LogP contribution in [0.3, 0.4) is 0 Å². The molecule has 0 aliphatic heterocycles. The van der Waals surface area contributed by atoms with Gasteiger partial charge in [-0.1, -0.05) is 110 Å². The van der Waals surface area contributed by atoms with Crippen molar-refractivity contribution >= 4 is 10.8 Å². The molecule has 0 aliphatic rings. The Hall–Kier alpha value is -3.69. The van der Waals surface area contributed by atoms with Crippen LogP contribution in [-0.2, 0) is 26.2 Å². The number of nitrogens with zero attached hydrogens (tertiary/aromatic N) is 3. The van der Waals surface area contributed by atoms with Crippen LogP contribution in [0.15, 0.2) is 97.2 Å². The summed E-state index contributed by atoms with van der Waals surface area (Å²) in [5.74, 6) is 1.07. The maximum Gasteiger partial charge on any atom is 0.140 e. The molecular formula is C34H37N3. The summed E-state index contributed by atoms with van der Waals surface area (Å²) < 4.78 is 2.44. The third-order valence-corrected chi connectivity index (χ3v) is 7.26. The molecule has 5 aromatic rings. The molecule has 0 spiro atoms. The molecule has 1 aromatic heterocycles. The van der Waals surface area contributed by atoms with E-state index in [0.29, 0.717) is 0 Å². The van der Waals surface area contributed by atoms with E-state index in [9.17, 15) is 0 Å². The first kappa shape index (κ1) is 25.0. The van der Waals surface area contributed by atoms with Gasteiger partial charge in [-0.25, -0.2) is 4.98 Å². The van der Waals surface area contributed by atoms with Crippen molar-refractivity contribution in [1.82, 2.24) is 14.5 Å². The molecule has 4 aromatic carbocycles. The number of unbranched alkanes of at least 4 members (excludes halogenated alkanes) is 1. The van der Waals surface area contributed by atoms with E-state index in [0.717, 1.165) is 44.8 Å². The fourth-order valence-corrected chi connectivity index (χ4v) is 5.20. The van der Waals surface area contributed by atoms with Crippen LogP contribution in [0.5, 0.6) is 0 Å². The highest BCUT2D eigenvalue weighted by Crippen LogP contribution is 2.26. The maximum absolute atomic E-state index is 4.92. The van der Waals surface area contributed by atoms with Gasteiger partial charge in [0, 0.05) is 31.7 Å². The van der Waals surface area contributed by atoms with Gasteiger partial charge >= 0.3 is 0 Å². The van der Waals surface area contributed by atoms with Gasteiger partial charge in [0.2, 0.25) is 0 Å². The Labute approximate surface area is 221 Å². The van der Waals surface area contributed by atoms with E-state index < -0.39 is 0 Å². The zero-order valence-electron chi connectivity index (χ0n) is 22.3. The van der Waals surface area contributed by atoms with Gasteiger partial charge in [0.05, 0.1) is 11.9 Å². The molecule has 1 heterocycles. The second-order valence-corrected chi connectivity index (χ2v) is 10.2. The molecule has 0 amide bonds. The molecule has 188 valence electrons. The largest absolute Gasteiger partial charge is 0.327 e. The Morgan fingerprint density at radius 1 is 0.757 bits per heavy atom. The van der Waals surface area contributed by atoms with Crippen LogP contribution in [0.2, 0.25) is 0 Å². The topological polar surface area (TPSA) is 21.1 Å². The highest BCUT2D eigenvalue weighted by atomic mass is 15.2. The van der Waals surface area contributed by atoms with Crippen LogP contribution in [0.1, 0.15) is 47.7 Å². The Morgan fingerprint density at radius 2 is 1.51 bits per heavy atom. The molecule has 0 bridgehead atoms. The molecule has 0 saturated heterocycles. The summed E-state index contributed by atoms with van der Waals surface area (Å²) in [6, 6.07) is 32.8. The lowest BCUT2D eigenvalue weighted by atomic mass is 10.0. The normalized spacial score (nSPS) is 11.5. The first-order valence-corrected chi connectivity index (χ1v) is 13.5. The van der Waals surface area contributed by atoms with E-state index >= 15 is 0 Å². The lowest BCUT2D eigenvalue weighted by Gasteiger charge is -2.25. The molecule has 3 nitrogen and oxygen atoms in total. The van der Waals surface area contributed by atoms with Gasteiger partial charge in [-0.3, -0.25) is 4.90 Å². The summed E-state index contributed by atoms with van der Waals surface area (Å²) in [7, 11) is 0. The Morgan fingerprint density at radius 3 is 2.35 bits per heavy atom. The summed E-state index contributed by atoms with van der Waals surface area (Å²) in [5, 5.41) is 2.63. The van der Waals surface area contributed by atoms with Crippen LogP contribution < -0.4 is 0 Å². The van der Waals surface area contributed by atoms with Crippen LogP contribution in [0.25, 0.3) is 22.2 Å². The van der Waals surface area contributed by atoms with Crippen molar-refractivity contribution in [2.24, 2.45) is 0 Å². The van der Waals surface area contributed by atoms with Crippen molar-refractivity contribution in [2.75, 3.05) is 0 Å². The number of aromatic nitrogens is 2. The SMILES string of the molecule is CCCCn1c(CN(Cc2cc(C)ccc2C)Cc2cccc3ccccc23)cnc1-c1ccccc1. The van der Waals surface area contributed by atoms with Crippen molar-refractivity contribution < 1.29 is 0 Å². The number of fused-ring (bicyclic) bond motifs is 1. The van der Waals surface area contributed by atoms with E-state index in [1.807, 2.05) is 0 Å². The Kier molecular flexibility index (Phi) is 7.82. The van der Waals surface area contributed by atoms with Crippen molar-refractivity contribution in [3.63, 3.8) is 0 Å². The molecule has 37 heavy (non-hydrogen) atoms. The molecule has 0 N–H and O–H groups in total. The molecule has 0 aliphatic carbocycles. The molecular weight excluding hydrogens is 450 g/mol. The number of hydrogen-bond acceptors (Lipinski definition) is 2.